The van der Waals surface area contributed by atoms with Gasteiger partial charge in [0.05, 0.1) is 30.2 Å². The van der Waals surface area contributed by atoms with E-state index in [-0.39, 0.29) is 24.1 Å². The Balaban J connectivity index is 1.96. The van der Waals surface area contributed by atoms with Crippen LogP contribution in [0.2, 0.25) is 0 Å². The number of aryl methyl sites for hydroxylation is 1. The molecule has 0 saturated heterocycles. The maximum absolute atomic E-state index is 13.2. The van der Waals surface area contributed by atoms with Gasteiger partial charge in [0.1, 0.15) is 5.75 Å². The van der Waals surface area contributed by atoms with Crippen molar-refractivity contribution in [2.75, 3.05) is 6.61 Å². The molecule has 2 N–H and O–H groups in total. The Morgan fingerprint density at radius 2 is 1.91 bits per heavy atom. The van der Waals surface area contributed by atoms with E-state index in [2.05, 4.69) is 20.8 Å². The molecule has 0 amide bonds. The number of benzene rings is 1. The Labute approximate surface area is 194 Å². The fourth-order valence-corrected chi connectivity index (χ4v) is 4.61. The van der Waals surface area contributed by atoms with Crippen LogP contribution in [0, 0.1) is 12.8 Å². The van der Waals surface area contributed by atoms with Gasteiger partial charge >= 0.3 is 0 Å². The number of hydrogen-bond donors (Lipinski definition) is 2. The highest BCUT2D eigenvalue weighted by Crippen LogP contribution is 2.48. The Morgan fingerprint density at radius 3 is 2.58 bits per heavy atom. The van der Waals surface area contributed by atoms with E-state index in [0.29, 0.717) is 30.0 Å². The maximum atomic E-state index is 13.2. The van der Waals surface area contributed by atoms with Gasteiger partial charge in [-0.25, -0.2) is 4.98 Å². The third-order valence-corrected chi connectivity index (χ3v) is 6.48. The first-order chi connectivity index (χ1) is 15.8. The van der Waals surface area contributed by atoms with Gasteiger partial charge in [-0.1, -0.05) is 57.5 Å². The summed E-state index contributed by atoms with van der Waals surface area (Å²) in [5.74, 6) is -0.0702. The summed E-state index contributed by atoms with van der Waals surface area (Å²) in [7, 11) is 0. The van der Waals surface area contributed by atoms with Gasteiger partial charge in [0.15, 0.2) is 5.75 Å². The lowest BCUT2D eigenvalue weighted by Crippen LogP contribution is -2.29. The molecule has 1 aliphatic carbocycles. The highest BCUT2D eigenvalue weighted by molar-refractivity contribution is 5.73. The molecule has 6 nitrogen and oxygen atoms in total. The van der Waals surface area contributed by atoms with Crippen molar-refractivity contribution in [3.63, 3.8) is 0 Å². The number of hydrogen-bond acceptors (Lipinski definition) is 5. The molecule has 0 radical (unpaired) electrons. The summed E-state index contributed by atoms with van der Waals surface area (Å²) >= 11 is 0. The van der Waals surface area contributed by atoms with E-state index in [9.17, 15) is 15.0 Å². The van der Waals surface area contributed by atoms with Crippen molar-refractivity contribution in [3.05, 3.63) is 69.1 Å². The van der Waals surface area contributed by atoms with Gasteiger partial charge in [-0.2, -0.15) is 0 Å². The molecule has 0 spiro atoms. The summed E-state index contributed by atoms with van der Waals surface area (Å²) in [6.45, 7) is 9.10. The van der Waals surface area contributed by atoms with Crippen LogP contribution < -0.4 is 10.3 Å². The molecular weight excluding hydrogens is 416 g/mol. The Morgan fingerprint density at radius 1 is 1.18 bits per heavy atom. The Hall–Kier alpha value is -3.28. The lowest BCUT2D eigenvalue weighted by Gasteiger charge is -2.33. The third-order valence-electron chi connectivity index (χ3n) is 6.48. The van der Waals surface area contributed by atoms with E-state index in [1.165, 1.54) is 0 Å². The largest absolute Gasteiger partial charge is 0.504 e. The first-order valence-corrected chi connectivity index (χ1v) is 11.7. The number of pyridine rings is 2. The van der Waals surface area contributed by atoms with Crippen molar-refractivity contribution in [2.24, 2.45) is 5.92 Å². The summed E-state index contributed by atoms with van der Waals surface area (Å²) in [5.41, 5.74) is 3.89. The normalized spacial score (nSPS) is 14.8. The molecule has 4 rings (SSSR count). The summed E-state index contributed by atoms with van der Waals surface area (Å²) in [6, 6.07) is 11.7. The highest BCUT2D eigenvalue weighted by atomic mass is 16.5. The molecule has 0 bridgehead atoms. The Bertz CT molecular complexity index is 1220. The van der Waals surface area contributed by atoms with Crippen LogP contribution in [0.3, 0.4) is 0 Å². The predicted octanol–water partition coefficient (Wildman–Crippen LogP) is 5.15. The smallest absolute Gasteiger partial charge is 0.297 e. The second-order valence-corrected chi connectivity index (χ2v) is 9.17. The van der Waals surface area contributed by atoms with Crippen LogP contribution >= 0.6 is 0 Å². The first kappa shape index (κ1) is 22.9. The lowest BCUT2D eigenvalue weighted by molar-refractivity contribution is 0.305. The number of fused-ring (bicyclic) bond motifs is 3. The van der Waals surface area contributed by atoms with Crippen LogP contribution in [0.4, 0.5) is 0 Å². The van der Waals surface area contributed by atoms with Gasteiger partial charge < -0.3 is 14.9 Å². The summed E-state index contributed by atoms with van der Waals surface area (Å²) in [6.07, 6.45) is 2.67. The standard InChI is InChI=1S/C27H32N2O4/c1-5-6-12-33-21-14-19-13-20(16(2)3)22-24(23(19)28-17(21)4)29(27(32)26(31)25(22)30)15-18-10-8-7-9-11-18/h7-11,14,16,20,30-31H,5-6,12-13,15H2,1-4H3. The quantitative estimate of drug-likeness (QED) is 0.488. The zero-order chi connectivity index (χ0) is 23.7. The van der Waals surface area contributed by atoms with Gasteiger partial charge in [0.2, 0.25) is 5.75 Å². The van der Waals surface area contributed by atoms with E-state index in [1.807, 2.05) is 43.3 Å². The zero-order valence-electron chi connectivity index (χ0n) is 19.8. The number of aromatic hydroxyl groups is 2. The molecule has 1 atom stereocenters. The molecule has 174 valence electrons. The van der Waals surface area contributed by atoms with Gasteiger partial charge in [0, 0.05) is 5.56 Å². The molecule has 2 heterocycles. The van der Waals surface area contributed by atoms with Crippen molar-refractivity contribution in [1.82, 2.24) is 9.55 Å². The maximum Gasteiger partial charge on any atom is 0.297 e. The minimum absolute atomic E-state index is 0.0750. The van der Waals surface area contributed by atoms with Gasteiger partial charge in [-0.3, -0.25) is 9.36 Å². The second kappa shape index (κ2) is 9.30. The fraction of sp³-hybridized carbons (Fsp3) is 0.407. The minimum atomic E-state index is -0.617. The molecule has 0 fully saturated rings. The molecule has 6 heteroatoms. The van der Waals surface area contributed by atoms with E-state index in [1.54, 1.807) is 4.57 Å². The average Bonchev–Trinajstić information content (AvgIpc) is 2.80. The highest BCUT2D eigenvalue weighted by Gasteiger charge is 2.36. The van der Waals surface area contributed by atoms with Crippen LogP contribution in [-0.4, -0.2) is 26.4 Å². The summed E-state index contributed by atoms with van der Waals surface area (Å²) in [4.78, 5) is 18.0. The minimum Gasteiger partial charge on any atom is -0.504 e. The topological polar surface area (TPSA) is 84.6 Å². The van der Waals surface area contributed by atoms with Gasteiger partial charge in [0.25, 0.3) is 5.56 Å². The fourth-order valence-electron chi connectivity index (χ4n) is 4.61. The average molecular weight is 449 g/mol. The van der Waals surface area contributed by atoms with Crippen LogP contribution in [0.5, 0.6) is 17.2 Å². The van der Waals surface area contributed by atoms with Crippen LogP contribution in [0.1, 0.15) is 61.9 Å². The van der Waals surface area contributed by atoms with Crippen LogP contribution in [0.15, 0.2) is 41.2 Å². The molecular formula is C27H32N2O4. The number of aromatic nitrogens is 2. The van der Waals surface area contributed by atoms with E-state index in [4.69, 9.17) is 9.72 Å². The molecule has 2 aromatic heterocycles. The Kier molecular flexibility index (Phi) is 6.45. The molecule has 1 aromatic carbocycles. The number of unbranched alkanes of at least 4 members (excludes halogenated alkanes) is 1. The van der Waals surface area contributed by atoms with Crippen LogP contribution in [-0.2, 0) is 13.0 Å². The molecule has 1 unspecified atom stereocenters. The second-order valence-electron chi connectivity index (χ2n) is 9.17. The number of ether oxygens (including phenoxy) is 1. The predicted molar refractivity (Wildman–Crippen MR) is 129 cm³/mol. The van der Waals surface area contributed by atoms with Gasteiger partial charge in [-0.05, 0) is 48.8 Å². The van der Waals surface area contributed by atoms with E-state index >= 15 is 0 Å². The first-order valence-electron chi connectivity index (χ1n) is 11.7. The van der Waals surface area contributed by atoms with Crippen molar-refractivity contribution < 1.29 is 14.9 Å². The molecule has 3 aromatic rings. The third kappa shape index (κ3) is 4.22. The number of nitrogens with zero attached hydrogens (tertiary/aromatic N) is 2. The number of rotatable bonds is 7. The lowest BCUT2D eigenvalue weighted by atomic mass is 9.76. The van der Waals surface area contributed by atoms with Crippen molar-refractivity contribution in [1.29, 1.82) is 0 Å². The van der Waals surface area contributed by atoms with Gasteiger partial charge in [-0.15, -0.1) is 0 Å². The summed E-state index contributed by atoms with van der Waals surface area (Å²) < 4.78 is 7.55. The molecule has 33 heavy (non-hydrogen) atoms. The zero-order valence-corrected chi connectivity index (χ0v) is 19.8. The molecule has 1 aliphatic rings. The van der Waals surface area contributed by atoms with E-state index < -0.39 is 11.3 Å². The summed E-state index contributed by atoms with van der Waals surface area (Å²) in [5, 5.41) is 21.5. The van der Waals surface area contributed by atoms with Crippen molar-refractivity contribution >= 4 is 0 Å². The molecule has 0 aliphatic heterocycles. The monoisotopic (exact) mass is 448 g/mol. The van der Waals surface area contributed by atoms with Crippen molar-refractivity contribution in [2.45, 2.75) is 59.4 Å². The van der Waals surface area contributed by atoms with E-state index in [0.717, 1.165) is 35.4 Å². The SMILES string of the molecule is CCCCOc1cc2c(nc1C)-c1c(c(O)c(O)c(=O)n1Cc1ccccc1)C(C(C)C)C2. The van der Waals surface area contributed by atoms with Crippen molar-refractivity contribution in [3.8, 4) is 28.6 Å². The van der Waals surface area contributed by atoms with Crippen LogP contribution in [0.25, 0.3) is 11.4 Å². The molecule has 0 saturated carbocycles.